The summed E-state index contributed by atoms with van der Waals surface area (Å²) in [5.41, 5.74) is 4.90. The average molecular weight is 327 g/mol. The Hall–Kier alpha value is -1.14. The lowest BCUT2D eigenvalue weighted by Crippen LogP contribution is -2.11. The van der Waals surface area contributed by atoms with Gasteiger partial charge in [0.25, 0.3) is 0 Å². The molecule has 19 heavy (non-hydrogen) atoms. The second-order valence-electron chi connectivity index (χ2n) is 4.63. The first-order chi connectivity index (χ1) is 8.99. The molecule has 2 aromatic rings. The van der Waals surface area contributed by atoms with Crippen LogP contribution in [0.1, 0.15) is 35.3 Å². The second kappa shape index (κ2) is 5.46. The van der Waals surface area contributed by atoms with Crippen LogP contribution < -0.4 is 0 Å². The van der Waals surface area contributed by atoms with Crippen LogP contribution in [0.5, 0.6) is 0 Å². The number of aliphatic hydroxyl groups is 1. The summed E-state index contributed by atoms with van der Waals surface area (Å²) in [6.07, 6.45) is 0. The van der Waals surface area contributed by atoms with E-state index in [1.807, 2.05) is 30.1 Å². The van der Waals surface area contributed by atoms with Gasteiger partial charge < -0.3 is 5.11 Å². The Kier molecular flexibility index (Phi) is 4.10. The monoisotopic (exact) mass is 326 g/mol. The predicted molar refractivity (Wildman–Crippen MR) is 77.1 cm³/mol. The number of aliphatic hydroxyl groups excluding tert-OH is 1. The molecule has 6 heteroatoms. The van der Waals surface area contributed by atoms with Gasteiger partial charge in [0.05, 0.1) is 34.7 Å². The van der Waals surface area contributed by atoms with Crippen LogP contribution >= 0.6 is 15.9 Å². The van der Waals surface area contributed by atoms with Gasteiger partial charge in [-0.05, 0) is 43.6 Å². The first-order valence-corrected chi connectivity index (χ1v) is 7.14. The van der Waals surface area contributed by atoms with Crippen molar-refractivity contribution in [1.82, 2.24) is 19.6 Å². The smallest absolute Gasteiger partial charge is 0.0843 e. The zero-order chi connectivity index (χ0) is 14.2. The van der Waals surface area contributed by atoms with Crippen LogP contribution in [-0.4, -0.2) is 24.7 Å². The topological polar surface area (TPSA) is 55.9 Å². The van der Waals surface area contributed by atoms with E-state index < -0.39 is 0 Å². The molecule has 2 heterocycles. The molecule has 2 aromatic heterocycles. The molecule has 0 bridgehead atoms. The minimum absolute atomic E-state index is 0.0326. The Morgan fingerprint density at radius 3 is 2.26 bits per heavy atom. The van der Waals surface area contributed by atoms with Crippen molar-refractivity contribution in [3.63, 3.8) is 0 Å². The van der Waals surface area contributed by atoms with Crippen molar-refractivity contribution in [2.45, 2.75) is 47.4 Å². The highest BCUT2D eigenvalue weighted by Gasteiger charge is 2.16. The summed E-state index contributed by atoms with van der Waals surface area (Å²) < 4.78 is 4.94. The molecule has 1 N–H and O–H groups in total. The molecule has 0 spiro atoms. The molecular weight excluding hydrogens is 308 g/mol. The number of halogens is 1. The highest BCUT2D eigenvalue weighted by Crippen LogP contribution is 2.23. The third-order valence-corrected chi connectivity index (χ3v) is 4.47. The zero-order valence-electron chi connectivity index (χ0n) is 11.7. The normalized spacial score (nSPS) is 11.3. The predicted octanol–water partition coefficient (Wildman–Crippen LogP) is 2.33. The van der Waals surface area contributed by atoms with Crippen molar-refractivity contribution in [2.75, 3.05) is 0 Å². The first kappa shape index (κ1) is 14.3. The Bertz CT molecular complexity index is 600. The highest BCUT2D eigenvalue weighted by atomic mass is 79.9. The summed E-state index contributed by atoms with van der Waals surface area (Å²) >= 11 is 3.59. The van der Waals surface area contributed by atoms with Gasteiger partial charge in [-0.1, -0.05) is 0 Å². The minimum atomic E-state index is 0.0326. The quantitative estimate of drug-likeness (QED) is 0.938. The van der Waals surface area contributed by atoms with Crippen molar-refractivity contribution >= 4 is 15.9 Å². The van der Waals surface area contributed by atoms with Crippen LogP contribution in [0.2, 0.25) is 0 Å². The molecular formula is C13H19BrN4O. The fourth-order valence-corrected chi connectivity index (χ4v) is 2.69. The second-order valence-corrected chi connectivity index (χ2v) is 5.42. The van der Waals surface area contributed by atoms with Gasteiger partial charge in [0.2, 0.25) is 0 Å². The number of aromatic nitrogens is 4. The van der Waals surface area contributed by atoms with E-state index in [0.29, 0.717) is 6.54 Å². The summed E-state index contributed by atoms with van der Waals surface area (Å²) in [5.74, 6) is 0. The van der Waals surface area contributed by atoms with E-state index in [0.717, 1.165) is 39.4 Å². The maximum atomic E-state index is 9.36. The van der Waals surface area contributed by atoms with Crippen LogP contribution in [0.4, 0.5) is 0 Å². The molecule has 2 rings (SSSR count). The summed E-state index contributed by atoms with van der Waals surface area (Å²) in [5, 5.41) is 18.3. The fraction of sp³-hybridized carbons (Fsp3) is 0.538. The van der Waals surface area contributed by atoms with Gasteiger partial charge in [-0.3, -0.25) is 9.36 Å². The van der Waals surface area contributed by atoms with E-state index in [2.05, 4.69) is 33.1 Å². The van der Waals surface area contributed by atoms with Crippen molar-refractivity contribution < 1.29 is 5.11 Å². The van der Waals surface area contributed by atoms with E-state index >= 15 is 0 Å². The number of hydrogen-bond acceptors (Lipinski definition) is 3. The van der Waals surface area contributed by atoms with Crippen LogP contribution in [0.3, 0.4) is 0 Å². The molecule has 0 fully saturated rings. The van der Waals surface area contributed by atoms with Gasteiger partial charge in [-0.25, -0.2) is 0 Å². The summed E-state index contributed by atoms with van der Waals surface area (Å²) in [6, 6.07) is 0. The molecule has 0 radical (unpaired) electrons. The van der Waals surface area contributed by atoms with Crippen LogP contribution in [0.25, 0.3) is 0 Å². The molecule has 0 amide bonds. The largest absolute Gasteiger partial charge is 0.392 e. The van der Waals surface area contributed by atoms with Gasteiger partial charge in [-0.2, -0.15) is 10.2 Å². The van der Waals surface area contributed by atoms with E-state index in [1.165, 1.54) is 0 Å². The molecule has 0 aliphatic rings. The summed E-state index contributed by atoms with van der Waals surface area (Å²) in [7, 11) is 0. The van der Waals surface area contributed by atoms with Crippen molar-refractivity contribution in [3.05, 3.63) is 32.8 Å². The number of hydrogen-bond donors (Lipinski definition) is 1. The Morgan fingerprint density at radius 1 is 1.11 bits per heavy atom. The van der Waals surface area contributed by atoms with E-state index in [1.54, 1.807) is 0 Å². The SMILES string of the molecule is CCn1nc(C)c(Br)c1Cn1nc(C)c(CO)c1C. The highest BCUT2D eigenvalue weighted by molar-refractivity contribution is 9.10. The lowest BCUT2D eigenvalue weighted by Gasteiger charge is -2.08. The van der Waals surface area contributed by atoms with Gasteiger partial charge in [-0.15, -0.1) is 0 Å². The fourth-order valence-electron chi connectivity index (χ4n) is 2.28. The molecule has 5 nitrogen and oxygen atoms in total. The summed E-state index contributed by atoms with van der Waals surface area (Å²) in [6.45, 7) is 9.48. The lowest BCUT2D eigenvalue weighted by atomic mass is 10.2. The van der Waals surface area contributed by atoms with Crippen LogP contribution in [0.15, 0.2) is 4.47 Å². The van der Waals surface area contributed by atoms with Gasteiger partial charge >= 0.3 is 0 Å². The molecule has 0 atom stereocenters. The molecule has 0 aliphatic heterocycles. The maximum absolute atomic E-state index is 9.36. The molecule has 104 valence electrons. The van der Waals surface area contributed by atoms with Crippen molar-refractivity contribution in [2.24, 2.45) is 0 Å². The van der Waals surface area contributed by atoms with Gasteiger partial charge in [0.1, 0.15) is 0 Å². The number of aryl methyl sites for hydroxylation is 3. The Balaban J connectivity index is 2.42. The van der Waals surface area contributed by atoms with Crippen LogP contribution in [-0.2, 0) is 19.7 Å². The average Bonchev–Trinajstić information content (AvgIpc) is 2.80. The molecule has 0 saturated carbocycles. The first-order valence-electron chi connectivity index (χ1n) is 6.35. The number of rotatable bonds is 4. The van der Waals surface area contributed by atoms with Crippen molar-refractivity contribution in [3.8, 4) is 0 Å². The lowest BCUT2D eigenvalue weighted by molar-refractivity contribution is 0.280. The third kappa shape index (κ3) is 2.47. The van der Waals surface area contributed by atoms with E-state index in [4.69, 9.17) is 0 Å². The molecule has 0 unspecified atom stereocenters. The van der Waals surface area contributed by atoms with E-state index in [-0.39, 0.29) is 6.61 Å². The Labute approximate surface area is 121 Å². The molecule has 0 saturated heterocycles. The van der Waals surface area contributed by atoms with E-state index in [9.17, 15) is 5.11 Å². The van der Waals surface area contributed by atoms with Crippen molar-refractivity contribution in [1.29, 1.82) is 0 Å². The maximum Gasteiger partial charge on any atom is 0.0843 e. The van der Waals surface area contributed by atoms with Gasteiger partial charge in [0.15, 0.2) is 0 Å². The Morgan fingerprint density at radius 2 is 1.74 bits per heavy atom. The molecule has 0 aromatic carbocycles. The minimum Gasteiger partial charge on any atom is -0.392 e. The molecule has 0 aliphatic carbocycles. The standard InChI is InChI=1S/C13H19BrN4O/c1-5-17-12(13(14)9(3)16-17)6-18-10(4)11(7-19)8(2)15-18/h19H,5-7H2,1-4H3. The zero-order valence-corrected chi connectivity index (χ0v) is 13.3. The summed E-state index contributed by atoms with van der Waals surface area (Å²) in [4.78, 5) is 0. The third-order valence-electron chi connectivity index (χ3n) is 3.44. The van der Waals surface area contributed by atoms with Gasteiger partial charge in [0, 0.05) is 17.8 Å². The number of nitrogens with zero attached hydrogens (tertiary/aromatic N) is 4. The van der Waals surface area contributed by atoms with Crippen LogP contribution in [0, 0.1) is 20.8 Å².